The molecule has 0 aromatic carbocycles. The highest BCUT2D eigenvalue weighted by Gasteiger charge is 2.12. The molecule has 0 amide bonds. The molecular weight excluding hydrogens is 112 g/mol. The van der Waals surface area contributed by atoms with E-state index < -0.39 is 0 Å². The molecule has 1 aliphatic heterocycles. The molecule has 1 saturated heterocycles. The number of rotatable bonds is 1. The number of nitrogens with zero attached hydrogens (tertiary/aromatic N) is 2. The van der Waals surface area contributed by atoms with E-state index in [-0.39, 0.29) is 0 Å². The Labute approximate surface area is 56.6 Å². The van der Waals surface area contributed by atoms with Gasteiger partial charge in [-0.1, -0.05) is 0 Å². The standard InChI is InChI=1S/C7H14N2/c1-3-8-7-5-4-6-9(7)2/h3-6H2,1-2H3/b8-7-. The van der Waals surface area contributed by atoms with Crippen LogP contribution < -0.4 is 0 Å². The van der Waals surface area contributed by atoms with Crippen LogP contribution in [0.4, 0.5) is 0 Å². The third-order valence-electron chi connectivity index (χ3n) is 1.68. The predicted octanol–water partition coefficient (Wildman–Crippen LogP) is 1.13. The van der Waals surface area contributed by atoms with Gasteiger partial charge in [-0.3, -0.25) is 4.99 Å². The van der Waals surface area contributed by atoms with Crippen molar-refractivity contribution in [3.63, 3.8) is 0 Å². The van der Waals surface area contributed by atoms with E-state index >= 15 is 0 Å². The lowest BCUT2D eigenvalue weighted by Gasteiger charge is -2.09. The normalized spacial score (nSPS) is 23.8. The lowest BCUT2D eigenvalue weighted by atomic mass is 10.4. The van der Waals surface area contributed by atoms with E-state index in [1.165, 1.54) is 25.2 Å². The van der Waals surface area contributed by atoms with Gasteiger partial charge < -0.3 is 4.90 Å². The largest absolute Gasteiger partial charge is 0.363 e. The molecule has 0 aliphatic carbocycles. The minimum atomic E-state index is 0.930. The van der Waals surface area contributed by atoms with Crippen molar-refractivity contribution >= 4 is 5.84 Å². The van der Waals surface area contributed by atoms with Gasteiger partial charge in [0.1, 0.15) is 0 Å². The molecule has 0 aromatic heterocycles. The van der Waals surface area contributed by atoms with Crippen LogP contribution in [0.2, 0.25) is 0 Å². The summed E-state index contributed by atoms with van der Waals surface area (Å²) in [6.45, 7) is 4.21. The van der Waals surface area contributed by atoms with Crippen LogP contribution in [0, 0.1) is 0 Å². The summed E-state index contributed by atoms with van der Waals surface area (Å²) in [7, 11) is 2.11. The van der Waals surface area contributed by atoms with Gasteiger partial charge in [-0.05, 0) is 13.3 Å². The molecule has 0 saturated carbocycles. The molecular formula is C7H14N2. The van der Waals surface area contributed by atoms with Gasteiger partial charge >= 0.3 is 0 Å². The van der Waals surface area contributed by atoms with Gasteiger partial charge in [-0.2, -0.15) is 0 Å². The summed E-state index contributed by atoms with van der Waals surface area (Å²) in [6, 6.07) is 0. The molecule has 0 bridgehead atoms. The second-order valence-corrected chi connectivity index (χ2v) is 2.42. The Morgan fingerprint density at radius 1 is 1.67 bits per heavy atom. The third-order valence-corrected chi connectivity index (χ3v) is 1.68. The Bertz CT molecular complexity index is 118. The van der Waals surface area contributed by atoms with E-state index in [0.29, 0.717) is 0 Å². The summed E-state index contributed by atoms with van der Waals surface area (Å²) in [6.07, 6.45) is 2.47. The molecule has 2 heteroatoms. The van der Waals surface area contributed by atoms with Crippen LogP contribution in [-0.4, -0.2) is 30.9 Å². The fraction of sp³-hybridized carbons (Fsp3) is 0.857. The smallest absolute Gasteiger partial charge is 0.0986 e. The highest BCUT2D eigenvalue weighted by atomic mass is 15.2. The van der Waals surface area contributed by atoms with Crippen molar-refractivity contribution in [2.45, 2.75) is 19.8 Å². The maximum Gasteiger partial charge on any atom is 0.0986 e. The topological polar surface area (TPSA) is 15.6 Å². The van der Waals surface area contributed by atoms with Crippen LogP contribution in [-0.2, 0) is 0 Å². The van der Waals surface area contributed by atoms with Crippen LogP contribution in [0.1, 0.15) is 19.8 Å². The van der Waals surface area contributed by atoms with Crippen LogP contribution >= 0.6 is 0 Å². The van der Waals surface area contributed by atoms with Gasteiger partial charge in [0.2, 0.25) is 0 Å². The lowest BCUT2D eigenvalue weighted by molar-refractivity contribution is 0.548. The van der Waals surface area contributed by atoms with Crippen molar-refractivity contribution in [2.24, 2.45) is 4.99 Å². The zero-order valence-corrected chi connectivity index (χ0v) is 6.22. The van der Waals surface area contributed by atoms with Crippen LogP contribution in [0.5, 0.6) is 0 Å². The molecule has 52 valence electrons. The molecule has 0 spiro atoms. The Morgan fingerprint density at radius 3 is 2.89 bits per heavy atom. The monoisotopic (exact) mass is 126 g/mol. The van der Waals surface area contributed by atoms with E-state index in [1.54, 1.807) is 0 Å². The first kappa shape index (κ1) is 6.59. The lowest BCUT2D eigenvalue weighted by Crippen LogP contribution is -2.18. The summed E-state index contributed by atoms with van der Waals surface area (Å²) in [5.74, 6) is 1.29. The first-order valence-electron chi connectivity index (χ1n) is 3.59. The van der Waals surface area contributed by atoms with E-state index in [9.17, 15) is 0 Å². The zero-order valence-electron chi connectivity index (χ0n) is 6.22. The fourth-order valence-corrected chi connectivity index (χ4v) is 1.18. The van der Waals surface area contributed by atoms with E-state index in [2.05, 4.69) is 23.9 Å². The summed E-state index contributed by atoms with van der Waals surface area (Å²) in [5, 5.41) is 0. The second-order valence-electron chi connectivity index (χ2n) is 2.42. The Hall–Kier alpha value is -0.530. The third kappa shape index (κ3) is 1.44. The van der Waals surface area contributed by atoms with Crippen LogP contribution in [0.25, 0.3) is 0 Å². The number of aliphatic imine (C=N–C) groups is 1. The zero-order chi connectivity index (χ0) is 6.69. The highest BCUT2D eigenvalue weighted by molar-refractivity contribution is 5.83. The fourth-order valence-electron chi connectivity index (χ4n) is 1.18. The van der Waals surface area contributed by atoms with Crippen molar-refractivity contribution in [2.75, 3.05) is 20.1 Å². The van der Waals surface area contributed by atoms with E-state index in [0.717, 1.165) is 6.54 Å². The number of amidine groups is 1. The van der Waals surface area contributed by atoms with Gasteiger partial charge in [-0.25, -0.2) is 0 Å². The van der Waals surface area contributed by atoms with Crippen LogP contribution in [0.3, 0.4) is 0 Å². The molecule has 1 rings (SSSR count). The Balaban J connectivity index is 2.48. The summed E-state index contributed by atoms with van der Waals surface area (Å²) < 4.78 is 0. The first-order valence-corrected chi connectivity index (χ1v) is 3.59. The maximum atomic E-state index is 4.35. The average molecular weight is 126 g/mol. The minimum absolute atomic E-state index is 0.930. The first-order chi connectivity index (χ1) is 4.34. The molecule has 1 aliphatic rings. The molecule has 2 nitrogen and oxygen atoms in total. The molecule has 0 radical (unpaired) electrons. The van der Waals surface area contributed by atoms with Gasteiger partial charge in [0, 0.05) is 26.6 Å². The van der Waals surface area contributed by atoms with Gasteiger partial charge in [0.25, 0.3) is 0 Å². The minimum Gasteiger partial charge on any atom is -0.363 e. The van der Waals surface area contributed by atoms with Crippen molar-refractivity contribution in [1.82, 2.24) is 4.90 Å². The predicted molar refractivity (Wildman–Crippen MR) is 39.8 cm³/mol. The Morgan fingerprint density at radius 2 is 2.44 bits per heavy atom. The van der Waals surface area contributed by atoms with Crippen molar-refractivity contribution in [3.05, 3.63) is 0 Å². The molecule has 0 atom stereocenters. The Kier molecular flexibility index (Phi) is 2.09. The van der Waals surface area contributed by atoms with Gasteiger partial charge in [0.05, 0.1) is 5.84 Å². The quantitative estimate of drug-likeness (QED) is 0.514. The molecule has 9 heavy (non-hydrogen) atoms. The summed E-state index contributed by atoms with van der Waals surface area (Å²) >= 11 is 0. The molecule has 0 aromatic rings. The maximum absolute atomic E-state index is 4.35. The van der Waals surface area contributed by atoms with Crippen molar-refractivity contribution < 1.29 is 0 Å². The van der Waals surface area contributed by atoms with E-state index in [1.807, 2.05) is 0 Å². The molecule has 0 unspecified atom stereocenters. The van der Waals surface area contributed by atoms with Gasteiger partial charge in [-0.15, -0.1) is 0 Å². The average Bonchev–Trinajstić information content (AvgIpc) is 2.18. The van der Waals surface area contributed by atoms with Crippen molar-refractivity contribution in [1.29, 1.82) is 0 Å². The van der Waals surface area contributed by atoms with Crippen molar-refractivity contribution in [3.8, 4) is 0 Å². The van der Waals surface area contributed by atoms with Gasteiger partial charge in [0.15, 0.2) is 0 Å². The molecule has 0 N–H and O–H groups in total. The highest BCUT2D eigenvalue weighted by Crippen LogP contribution is 2.07. The summed E-state index contributed by atoms with van der Waals surface area (Å²) in [5.41, 5.74) is 0. The van der Waals surface area contributed by atoms with E-state index in [4.69, 9.17) is 0 Å². The molecule has 1 heterocycles. The summed E-state index contributed by atoms with van der Waals surface area (Å²) in [4.78, 5) is 6.59. The second kappa shape index (κ2) is 2.85. The molecule has 1 fully saturated rings. The number of hydrogen-bond donors (Lipinski definition) is 0. The van der Waals surface area contributed by atoms with Crippen LogP contribution in [0.15, 0.2) is 4.99 Å². The number of likely N-dealkylation sites (tertiary alicyclic amines) is 1. The number of hydrogen-bond acceptors (Lipinski definition) is 1. The SMILES string of the molecule is CC/N=C1/CCCN1C.